The van der Waals surface area contributed by atoms with Crippen LogP contribution in [-0.2, 0) is 26.1 Å². The molecule has 0 saturated carbocycles. The van der Waals surface area contributed by atoms with Crippen molar-refractivity contribution in [2.24, 2.45) is 7.05 Å². The number of methoxy groups -OCH3 is 1. The van der Waals surface area contributed by atoms with Crippen molar-refractivity contribution in [1.82, 2.24) is 24.8 Å². The van der Waals surface area contributed by atoms with Crippen molar-refractivity contribution < 1.29 is 41.8 Å². The van der Waals surface area contributed by atoms with E-state index in [-0.39, 0.29) is 34.7 Å². The van der Waals surface area contributed by atoms with Crippen molar-refractivity contribution in [3.8, 4) is 11.8 Å². The van der Waals surface area contributed by atoms with Gasteiger partial charge in [0.25, 0.3) is 0 Å². The number of anilines is 2. The molecule has 0 fully saturated rings. The van der Waals surface area contributed by atoms with Gasteiger partial charge in [-0.2, -0.15) is 13.2 Å². The first kappa shape index (κ1) is 36.6. The molecule has 1 atom stereocenters. The predicted molar refractivity (Wildman–Crippen MR) is 167 cm³/mol. The van der Waals surface area contributed by atoms with E-state index in [0.29, 0.717) is 12.1 Å². The highest BCUT2D eigenvalue weighted by molar-refractivity contribution is 6.03. The second kappa shape index (κ2) is 14.2. The number of carbonyl (C=O) groups is 3. The molecule has 13 nitrogen and oxygen atoms in total. The van der Waals surface area contributed by atoms with Gasteiger partial charge in [0.05, 0.1) is 29.1 Å². The van der Waals surface area contributed by atoms with Crippen LogP contribution in [0.5, 0.6) is 0 Å². The third-order valence-corrected chi connectivity index (χ3v) is 6.06. The van der Waals surface area contributed by atoms with Crippen LogP contribution in [0.1, 0.15) is 71.0 Å². The van der Waals surface area contributed by atoms with E-state index in [1.807, 2.05) is 0 Å². The summed E-state index contributed by atoms with van der Waals surface area (Å²) in [6.45, 7) is 10.4. The first-order chi connectivity index (χ1) is 21.7. The van der Waals surface area contributed by atoms with Gasteiger partial charge in [0.15, 0.2) is 11.6 Å². The van der Waals surface area contributed by atoms with E-state index < -0.39 is 47.3 Å². The lowest BCUT2D eigenvalue weighted by atomic mass is 10.1. The van der Waals surface area contributed by atoms with Crippen LogP contribution in [0.25, 0.3) is 11.0 Å². The maximum absolute atomic E-state index is 13.4. The number of aromatic nitrogens is 4. The Morgan fingerprint density at radius 2 is 1.68 bits per heavy atom. The number of hydrogen-bond acceptors (Lipinski definition) is 9. The molecule has 2 N–H and O–H groups in total. The van der Waals surface area contributed by atoms with Crippen LogP contribution >= 0.6 is 0 Å². The summed E-state index contributed by atoms with van der Waals surface area (Å²) < 4.78 is 57.5. The number of halogens is 3. The van der Waals surface area contributed by atoms with E-state index in [2.05, 4.69) is 32.1 Å². The van der Waals surface area contributed by atoms with E-state index in [1.165, 1.54) is 25.1 Å². The Hall–Kier alpha value is -4.91. The van der Waals surface area contributed by atoms with Gasteiger partial charge in [-0.3, -0.25) is 9.69 Å². The third-order valence-electron chi connectivity index (χ3n) is 6.06. The Morgan fingerprint density at radius 3 is 2.28 bits per heavy atom. The van der Waals surface area contributed by atoms with Crippen LogP contribution in [0.4, 0.5) is 34.4 Å². The molecular weight excluding hydrogens is 623 g/mol. The lowest BCUT2D eigenvalue weighted by Gasteiger charge is -2.24. The highest BCUT2D eigenvalue weighted by Crippen LogP contribution is 2.32. The molecule has 3 rings (SSSR count). The largest absolute Gasteiger partial charge is 0.471 e. The number of hydrogen-bond donors (Lipinski definition) is 2. The van der Waals surface area contributed by atoms with Gasteiger partial charge in [-0.25, -0.2) is 24.5 Å². The average Bonchev–Trinajstić information content (AvgIpc) is 3.33. The second-order valence-corrected chi connectivity index (χ2v) is 12.4. The standard InChI is InChI=1S/C31H38F3N7O6/c1-29(2,3)46-27(43)37-21(15-16-45-9)20-12-10-11-18(36-20)13-14-19-23-22(35-17-40(23)7)25(41(8)28(44)47-30(4,5)6)38-24(19)39-26(42)31(32,33)34/h10-12,17,21H,15-16H2,1-9H3,(H,37,43)(H,38,39,42)/t21-/m0/s1. The van der Waals surface area contributed by atoms with E-state index >= 15 is 0 Å². The first-order valence-electron chi connectivity index (χ1n) is 14.4. The number of nitrogens with zero attached hydrogens (tertiary/aromatic N) is 5. The summed E-state index contributed by atoms with van der Waals surface area (Å²) in [5.74, 6) is 2.56. The molecule has 0 aromatic carbocycles. The second-order valence-electron chi connectivity index (χ2n) is 12.4. The highest BCUT2D eigenvalue weighted by atomic mass is 19.4. The van der Waals surface area contributed by atoms with E-state index in [1.54, 1.807) is 72.1 Å². The zero-order valence-corrected chi connectivity index (χ0v) is 27.6. The number of alkyl halides is 3. The highest BCUT2D eigenvalue weighted by Gasteiger charge is 2.40. The topological polar surface area (TPSA) is 150 Å². The van der Waals surface area contributed by atoms with Gasteiger partial charge in [0.2, 0.25) is 0 Å². The van der Waals surface area contributed by atoms with Gasteiger partial charge < -0.3 is 29.4 Å². The van der Waals surface area contributed by atoms with Crippen LogP contribution in [0.2, 0.25) is 0 Å². The van der Waals surface area contributed by atoms with Crippen LogP contribution in [0.3, 0.4) is 0 Å². The number of carbonyl (C=O) groups excluding carboxylic acids is 3. The summed E-state index contributed by atoms with van der Waals surface area (Å²) in [7, 11) is 4.39. The van der Waals surface area contributed by atoms with Crippen molar-refractivity contribution in [3.63, 3.8) is 0 Å². The molecule has 0 aliphatic rings. The van der Waals surface area contributed by atoms with Crippen LogP contribution in [0, 0.1) is 11.8 Å². The van der Waals surface area contributed by atoms with Crippen molar-refractivity contribution >= 4 is 40.8 Å². The average molecular weight is 662 g/mol. The molecule has 0 spiro atoms. The van der Waals surface area contributed by atoms with Gasteiger partial charge in [0.1, 0.15) is 22.4 Å². The minimum Gasteiger partial charge on any atom is -0.444 e. The molecule has 254 valence electrons. The zero-order chi connectivity index (χ0) is 35.3. The third kappa shape index (κ3) is 10.0. The summed E-state index contributed by atoms with van der Waals surface area (Å²) in [6, 6.07) is 4.25. The molecule has 0 unspecified atom stereocenters. The van der Waals surface area contributed by atoms with Gasteiger partial charge >= 0.3 is 24.3 Å². The lowest BCUT2D eigenvalue weighted by molar-refractivity contribution is -0.167. The number of pyridine rings is 2. The quantitative estimate of drug-likeness (QED) is 0.324. The van der Waals surface area contributed by atoms with Gasteiger partial charge in [-0.05, 0) is 66.0 Å². The normalized spacial score (nSPS) is 12.5. The predicted octanol–water partition coefficient (Wildman–Crippen LogP) is 5.24. The number of rotatable bonds is 7. The SMILES string of the molecule is COCC[C@H](NC(=O)OC(C)(C)C)c1cccc(C#Cc2c(NC(=O)C(F)(F)F)nc(N(C)C(=O)OC(C)(C)C)c3ncn(C)c23)n1. The molecule has 47 heavy (non-hydrogen) atoms. The van der Waals surface area contributed by atoms with Crippen LogP contribution in [0.15, 0.2) is 24.5 Å². The fraction of sp³-hybridized carbons (Fsp3) is 0.484. The number of nitrogens with one attached hydrogen (secondary N) is 2. The molecule has 16 heteroatoms. The Labute approximate surface area is 270 Å². The van der Waals surface area contributed by atoms with Crippen LogP contribution in [-0.4, -0.2) is 75.8 Å². The van der Waals surface area contributed by atoms with Gasteiger partial charge in [-0.1, -0.05) is 12.0 Å². The Balaban J connectivity index is 2.15. The van der Waals surface area contributed by atoms with Crippen LogP contribution < -0.4 is 15.5 Å². The van der Waals surface area contributed by atoms with E-state index in [4.69, 9.17) is 14.2 Å². The molecule has 0 aliphatic carbocycles. The molecule has 0 bridgehead atoms. The smallest absolute Gasteiger partial charge is 0.444 e. The Kier molecular flexibility index (Phi) is 11.1. The van der Waals surface area contributed by atoms with E-state index in [9.17, 15) is 27.6 Å². The zero-order valence-electron chi connectivity index (χ0n) is 27.6. The number of alkyl carbamates (subject to hydrolysis) is 1. The Morgan fingerprint density at radius 1 is 1.02 bits per heavy atom. The summed E-state index contributed by atoms with van der Waals surface area (Å²) >= 11 is 0. The molecule has 3 heterocycles. The van der Waals surface area contributed by atoms with Gasteiger partial charge in [-0.15, -0.1) is 0 Å². The van der Waals surface area contributed by atoms with Crippen molar-refractivity contribution in [2.75, 3.05) is 31.0 Å². The molecule has 0 radical (unpaired) electrons. The Bertz CT molecular complexity index is 1700. The van der Waals surface area contributed by atoms with E-state index in [0.717, 1.165) is 4.90 Å². The number of imidazole rings is 1. The molecule has 0 saturated heterocycles. The van der Waals surface area contributed by atoms with Crippen molar-refractivity contribution in [2.45, 2.75) is 71.4 Å². The number of fused-ring (bicyclic) bond motifs is 1. The lowest BCUT2D eigenvalue weighted by Crippen LogP contribution is -2.35. The van der Waals surface area contributed by atoms with Crippen molar-refractivity contribution in [1.29, 1.82) is 0 Å². The maximum Gasteiger partial charge on any atom is 0.471 e. The summed E-state index contributed by atoms with van der Waals surface area (Å²) in [5, 5.41) is 4.55. The summed E-state index contributed by atoms with van der Waals surface area (Å²) in [4.78, 5) is 51.5. The van der Waals surface area contributed by atoms with Crippen molar-refractivity contribution in [3.05, 3.63) is 41.5 Å². The number of aryl methyl sites for hydroxylation is 1. The van der Waals surface area contributed by atoms with Gasteiger partial charge in [0, 0.05) is 27.8 Å². The molecule has 3 aromatic rings. The number of ether oxygens (including phenoxy) is 3. The summed E-state index contributed by atoms with van der Waals surface area (Å²) in [6.07, 6.45) is -5.06. The molecular formula is C31H38F3N7O6. The molecule has 3 amide bonds. The molecule has 3 aromatic heterocycles. The fourth-order valence-corrected chi connectivity index (χ4v) is 4.07. The minimum atomic E-state index is -5.25. The fourth-order valence-electron chi connectivity index (χ4n) is 4.07. The monoisotopic (exact) mass is 661 g/mol. The first-order valence-corrected chi connectivity index (χ1v) is 14.4. The molecule has 0 aliphatic heterocycles. The maximum atomic E-state index is 13.4. The minimum absolute atomic E-state index is 0.109. The summed E-state index contributed by atoms with van der Waals surface area (Å²) in [5.41, 5.74) is -0.848. The number of amides is 3.